The van der Waals surface area contributed by atoms with E-state index in [0.29, 0.717) is 39.7 Å². The zero-order valence-electron chi connectivity index (χ0n) is 18.3. The molecule has 0 radical (unpaired) electrons. The maximum absolute atomic E-state index is 13.3. The Morgan fingerprint density at radius 1 is 1.24 bits per heavy atom. The van der Waals surface area contributed by atoms with Gasteiger partial charge in [0.05, 0.1) is 39.5 Å². The summed E-state index contributed by atoms with van der Waals surface area (Å²) in [5, 5.41) is 9.87. The number of ether oxygens (including phenoxy) is 1. The van der Waals surface area contributed by atoms with Crippen LogP contribution in [0.4, 0.5) is 10.5 Å². The van der Waals surface area contributed by atoms with Crippen molar-refractivity contribution in [1.29, 1.82) is 0 Å². The second kappa shape index (κ2) is 7.20. The number of nitrogens with one attached hydrogen (secondary N) is 2. The van der Waals surface area contributed by atoms with Crippen LogP contribution in [0.2, 0.25) is 5.02 Å². The number of aromatic nitrogens is 3. The molecule has 3 aromatic rings. The molecule has 11 nitrogen and oxygen atoms in total. The van der Waals surface area contributed by atoms with E-state index in [9.17, 15) is 14.4 Å². The minimum Gasteiger partial charge on any atom is -0.372 e. The normalized spacial score (nSPS) is 25.8. The number of imide groups is 2. The number of hydrogen-bond donors (Lipinski definition) is 2. The smallest absolute Gasteiger partial charge is 0.328 e. The highest BCUT2D eigenvalue weighted by Gasteiger charge is 2.63. The molecule has 2 N–H and O–H groups in total. The zero-order valence-corrected chi connectivity index (χ0v) is 19.9. The SMILES string of the molecule is Cc1ncc(-c2noc3c(Cl)c4c(nc23)CC2(C(=O)NC(=O)NC2=O)[C@@H]2[C@@H](C)O[C@@H](C)CN42)s1. The molecule has 0 aliphatic carbocycles. The van der Waals surface area contributed by atoms with E-state index in [1.165, 1.54) is 11.3 Å². The van der Waals surface area contributed by atoms with Crippen LogP contribution in [0.3, 0.4) is 0 Å². The summed E-state index contributed by atoms with van der Waals surface area (Å²) in [4.78, 5) is 50.2. The standard InChI is InChI=1S/C21H19ClN6O5S/c1-7-6-28-15-10(4-21(17(28)8(2)32-7)18(29)25-20(31)26-19(21)30)24-14-13(11-5-23-9(3)34-11)27-33-16(14)12(15)22/h5,7-8,17H,4,6H2,1-3H3,(H2,25,26,29,30,31)/t7-,8+,17-/m0/s1. The van der Waals surface area contributed by atoms with Gasteiger partial charge in [0.1, 0.15) is 10.5 Å². The largest absolute Gasteiger partial charge is 0.372 e. The predicted molar refractivity (Wildman–Crippen MR) is 122 cm³/mol. The van der Waals surface area contributed by atoms with Crippen molar-refractivity contribution in [3.8, 4) is 10.6 Å². The molecule has 3 aliphatic rings. The Morgan fingerprint density at radius 3 is 2.65 bits per heavy atom. The van der Waals surface area contributed by atoms with Crippen molar-refractivity contribution in [2.45, 2.75) is 45.4 Å². The van der Waals surface area contributed by atoms with Crippen LogP contribution in [0.15, 0.2) is 10.7 Å². The first kappa shape index (κ1) is 21.4. The Bertz CT molecular complexity index is 1380. The summed E-state index contributed by atoms with van der Waals surface area (Å²) in [5.74, 6) is -1.37. The average molecular weight is 503 g/mol. The summed E-state index contributed by atoms with van der Waals surface area (Å²) >= 11 is 8.32. The molecule has 3 atom stereocenters. The second-order valence-corrected chi connectivity index (χ2v) is 10.4. The zero-order chi connectivity index (χ0) is 23.9. The van der Waals surface area contributed by atoms with Crippen LogP contribution in [-0.4, -0.2) is 57.8 Å². The summed E-state index contributed by atoms with van der Waals surface area (Å²) in [6.07, 6.45) is 0.892. The molecular weight excluding hydrogens is 484 g/mol. The number of anilines is 1. The van der Waals surface area contributed by atoms with Gasteiger partial charge in [-0.25, -0.2) is 14.8 Å². The highest BCUT2D eigenvalue weighted by Crippen LogP contribution is 2.50. The van der Waals surface area contributed by atoms with E-state index in [1.54, 1.807) is 13.1 Å². The third kappa shape index (κ3) is 2.79. The van der Waals surface area contributed by atoms with Crippen molar-refractivity contribution < 1.29 is 23.6 Å². The molecular formula is C21H19ClN6O5S. The number of aryl methyl sites for hydroxylation is 1. The molecule has 1 spiro atoms. The molecule has 13 heteroatoms. The first-order valence-corrected chi connectivity index (χ1v) is 11.9. The fourth-order valence-corrected chi connectivity index (χ4v) is 6.49. The van der Waals surface area contributed by atoms with Gasteiger partial charge in [-0.3, -0.25) is 20.2 Å². The molecule has 0 unspecified atom stereocenters. The van der Waals surface area contributed by atoms with E-state index in [4.69, 9.17) is 25.8 Å². The van der Waals surface area contributed by atoms with Gasteiger partial charge in [0.25, 0.3) is 0 Å². The molecule has 2 saturated heterocycles. The van der Waals surface area contributed by atoms with Crippen molar-refractivity contribution in [2.75, 3.05) is 11.4 Å². The number of hydrogen-bond acceptors (Lipinski definition) is 10. The first-order valence-electron chi connectivity index (χ1n) is 10.7. The topological polar surface area (TPSA) is 140 Å². The Balaban J connectivity index is 1.60. The maximum Gasteiger partial charge on any atom is 0.328 e. The van der Waals surface area contributed by atoms with Gasteiger partial charge in [-0.1, -0.05) is 16.8 Å². The molecule has 4 amide bonds. The number of carbonyl (C=O) groups excluding carboxylic acids is 3. The lowest BCUT2D eigenvalue weighted by Gasteiger charge is -2.55. The summed E-state index contributed by atoms with van der Waals surface area (Å²) in [6, 6.07) is -1.56. The van der Waals surface area contributed by atoms with Crippen molar-refractivity contribution >= 4 is 57.6 Å². The fourth-order valence-electron chi connectivity index (χ4n) is 5.39. The molecule has 6 heterocycles. The van der Waals surface area contributed by atoms with Crippen molar-refractivity contribution in [1.82, 2.24) is 25.8 Å². The van der Waals surface area contributed by atoms with Gasteiger partial charge >= 0.3 is 6.03 Å². The van der Waals surface area contributed by atoms with Crippen molar-refractivity contribution in [3.05, 3.63) is 21.9 Å². The molecule has 2 fully saturated rings. The quantitative estimate of drug-likeness (QED) is 0.479. The molecule has 0 aromatic carbocycles. The van der Waals surface area contributed by atoms with Crippen LogP contribution in [0.1, 0.15) is 24.5 Å². The summed E-state index contributed by atoms with van der Waals surface area (Å²) in [7, 11) is 0. The van der Waals surface area contributed by atoms with Gasteiger partial charge in [-0.2, -0.15) is 0 Å². The van der Waals surface area contributed by atoms with Gasteiger partial charge < -0.3 is 14.2 Å². The Hall–Kier alpha value is -3.09. The highest BCUT2D eigenvalue weighted by atomic mass is 35.5. The van der Waals surface area contributed by atoms with Crippen molar-refractivity contribution in [2.24, 2.45) is 5.41 Å². The summed E-state index contributed by atoms with van der Waals surface area (Å²) < 4.78 is 11.6. The van der Waals surface area contributed by atoms with Gasteiger partial charge in [-0.15, -0.1) is 11.3 Å². The van der Waals surface area contributed by atoms with Crippen LogP contribution in [-0.2, 0) is 20.7 Å². The Kier molecular flexibility index (Phi) is 4.54. The van der Waals surface area contributed by atoms with E-state index in [-0.39, 0.29) is 12.5 Å². The number of urea groups is 1. The van der Waals surface area contributed by atoms with Crippen LogP contribution in [0.25, 0.3) is 21.7 Å². The predicted octanol–water partition coefficient (Wildman–Crippen LogP) is 2.20. The molecule has 0 bridgehead atoms. The lowest BCUT2D eigenvalue weighted by atomic mass is 9.67. The molecule has 0 saturated carbocycles. The number of amides is 4. The molecule has 176 valence electrons. The van der Waals surface area contributed by atoms with Crippen molar-refractivity contribution in [3.63, 3.8) is 0 Å². The molecule has 34 heavy (non-hydrogen) atoms. The van der Waals surface area contributed by atoms with Crippen LogP contribution >= 0.6 is 22.9 Å². The van der Waals surface area contributed by atoms with Crippen LogP contribution in [0.5, 0.6) is 0 Å². The summed E-state index contributed by atoms with van der Waals surface area (Å²) in [6.45, 7) is 5.94. The van der Waals surface area contributed by atoms with Gasteiger partial charge in [0.15, 0.2) is 11.1 Å². The monoisotopic (exact) mass is 502 g/mol. The number of halogens is 1. The number of pyridine rings is 1. The number of rotatable bonds is 1. The van der Waals surface area contributed by atoms with E-state index < -0.39 is 35.4 Å². The molecule has 3 aliphatic heterocycles. The number of thiazole rings is 1. The number of fused-ring (bicyclic) bond motifs is 5. The minimum atomic E-state index is -1.64. The van der Waals surface area contributed by atoms with Crippen LogP contribution in [0, 0.1) is 12.3 Å². The number of carbonyl (C=O) groups is 3. The van der Waals surface area contributed by atoms with E-state index in [2.05, 4.69) is 20.8 Å². The van der Waals surface area contributed by atoms with E-state index in [1.807, 2.05) is 18.7 Å². The number of barbiturate groups is 1. The average Bonchev–Trinajstić information content (AvgIpc) is 3.37. The van der Waals surface area contributed by atoms with Crippen LogP contribution < -0.4 is 15.5 Å². The molecule has 6 rings (SSSR count). The molecule has 3 aromatic heterocycles. The lowest BCUT2D eigenvalue weighted by molar-refractivity contribution is -0.153. The third-order valence-electron chi connectivity index (χ3n) is 6.63. The second-order valence-electron chi connectivity index (χ2n) is 8.81. The van der Waals surface area contributed by atoms with E-state index >= 15 is 0 Å². The highest BCUT2D eigenvalue weighted by molar-refractivity contribution is 7.15. The lowest BCUT2D eigenvalue weighted by Crippen LogP contribution is -2.75. The first-order chi connectivity index (χ1) is 16.2. The van der Waals surface area contributed by atoms with E-state index in [0.717, 1.165) is 9.88 Å². The Morgan fingerprint density at radius 2 is 1.97 bits per heavy atom. The maximum atomic E-state index is 13.3. The van der Waals surface area contributed by atoms with Gasteiger partial charge in [-0.05, 0) is 20.8 Å². The number of morpholine rings is 1. The van der Waals surface area contributed by atoms with Gasteiger partial charge in [0.2, 0.25) is 17.4 Å². The summed E-state index contributed by atoms with van der Waals surface area (Å²) in [5.41, 5.74) is 0.604. The Labute approximate surface area is 201 Å². The number of nitrogens with zero attached hydrogens (tertiary/aromatic N) is 4. The third-order valence-corrected chi connectivity index (χ3v) is 7.90. The van der Waals surface area contributed by atoms with Gasteiger partial charge in [0, 0.05) is 19.2 Å². The minimum absolute atomic E-state index is 0.0709. The fraction of sp³-hybridized carbons (Fsp3) is 0.429.